The maximum atomic E-state index is 13.0. The standard InChI is InChI=1S/C21H24F3NO/c1-25-13-6-5-11-18(25)15-20(16-8-3-2-4-9-16)26-19-12-7-10-17(14-19)21(22,23)24/h2-4,7-10,12,14,18,20H,5-6,11,13,15H2,1H3. The number of nitrogens with zero attached hydrogens (tertiary/aromatic N) is 1. The SMILES string of the molecule is CN1CCCCC1CC(Oc1cccc(C(F)(F)F)c1)c1ccccc1. The molecular formula is C21H24F3NO. The quantitative estimate of drug-likeness (QED) is 0.676. The lowest BCUT2D eigenvalue weighted by atomic mass is 9.94. The van der Waals surface area contributed by atoms with E-state index in [0.717, 1.165) is 37.1 Å². The highest BCUT2D eigenvalue weighted by Gasteiger charge is 2.31. The van der Waals surface area contributed by atoms with Gasteiger partial charge in [0.1, 0.15) is 11.9 Å². The Bertz CT molecular complexity index is 702. The van der Waals surface area contributed by atoms with E-state index >= 15 is 0 Å². The molecule has 1 aliphatic rings. The second kappa shape index (κ2) is 8.12. The third-order valence-electron chi connectivity index (χ3n) is 5.02. The molecule has 0 spiro atoms. The largest absolute Gasteiger partial charge is 0.486 e. The summed E-state index contributed by atoms with van der Waals surface area (Å²) in [6, 6.07) is 15.3. The third kappa shape index (κ3) is 4.79. The molecule has 0 aromatic heterocycles. The molecule has 2 aromatic carbocycles. The van der Waals surface area contributed by atoms with Gasteiger partial charge in [-0.3, -0.25) is 0 Å². The van der Waals surface area contributed by atoms with Gasteiger partial charge in [-0.1, -0.05) is 42.8 Å². The number of halogens is 3. The molecule has 140 valence electrons. The predicted octanol–water partition coefficient (Wildman–Crippen LogP) is 5.70. The van der Waals surface area contributed by atoms with E-state index in [4.69, 9.17) is 4.74 Å². The number of rotatable bonds is 5. The van der Waals surface area contributed by atoms with Gasteiger partial charge in [-0.25, -0.2) is 0 Å². The van der Waals surface area contributed by atoms with Gasteiger partial charge < -0.3 is 9.64 Å². The van der Waals surface area contributed by atoms with E-state index in [-0.39, 0.29) is 11.9 Å². The Balaban J connectivity index is 1.82. The first-order chi connectivity index (χ1) is 12.4. The average molecular weight is 363 g/mol. The highest BCUT2D eigenvalue weighted by Crippen LogP contribution is 2.34. The molecule has 0 bridgehead atoms. The molecule has 2 nitrogen and oxygen atoms in total. The van der Waals surface area contributed by atoms with Crippen LogP contribution in [0.15, 0.2) is 54.6 Å². The summed E-state index contributed by atoms with van der Waals surface area (Å²) in [5.41, 5.74) is 0.306. The molecular weight excluding hydrogens is 339 g/mol. The number of piperidine rings is 1. The van der Waals surface area contributed by atoms with E-state index in [0.29, 0.717) is 6.04 Å². The van der Waals surface area contributed by atoms with Crippen LogP contribution in [0.2, 0.25) is 0 Å². The average Bonchev–Trinajstić information content (AvgIpc) is 2.63. The minimum Gasteiger partial charge on any atom is -0.486 e. The van der Waals surface area contributed by atoms with Crippen LogP contribution >= 0.6 is 0 Å². The van der Waals surface area contributed by atoms with E-state index in [1.807, 2.05) is 30.3 Å². The van der Waals surface area contributed by atoms with Gasteiger partial charge in [-0.2, -0.15) is 13.2 Å². The molecule has 1 heterocycles. The van der Waals surface area contributed by atoms with E-state index < -0.39 is 11.7 Å². The lowest BCUT2D eigenvalue weighted by Gasteiger charge is -2.35. The summed E-state index contributed by atoms with van der Waals surface area (Å²) >= 11 is 0. The maximum absolute atomic E-state index is 13.0. The zero-order chi connectivity index (χ0) is 18.6. The molecule has 0 saturated carbocycles. The summed E-state index contributed by atoms with van der Waals surface area (Å²) in [7, 11) is 2.11. The molecule has 0 radical (unpaired) electrons. The Morgan fingerprint density at radius 1 is 1.08 bits per heavy atom. The predicted molar refractivity (Wildman–Crippen MR) is 96.1 cm³/mol. The third-order valence-corrected chi connectivity index (χ3v) is 5.02. The van der Waals surface area contributed by atoms with Crippen molar-refractivity contribution >= 4 is 0 Å². The second-order valence-electron chi connectivity index (χ2n) is 6.91. The lowest BCUT2D eigenvalue weighted by Crippen LogP contribution is -2.37. The van der Waals surface area contributed by atoms with Gasteiger partial charge in [0.05, 0.1) is 5.56 Å². The van der Waals surface area contributed by atoms with Crippen molar-refractivity contribution in [3.05, 3.63) is 65.7 Å². The first-order valence-corrected chi connectivity index (χ1v) is 9.02. The first kappa shape index (κ1) is 18.8. The van der Waals surface area contributed by atoms with Crippen molar-refractivity contribution in [3.8, 4) is 5.75 Å². The highest BCUT2D eigenvalue weighted by atomic mass is 19.4. The molecule has 2 aromatic rings. The zero-order valence-corrected chi connectivity index (χ0v) is 14.9. The fourth-order valence-electron chi connectivity index (χ4n) is 3.52. The van der Waals surface area contributed by atoms with Crippen LogP contribution in [-0.2, 0) is 6.18 Å². The Morgan fingerprint density at radius 2 is 1.85 bits per heavy atom. The van der Waals surface area contributed by atoms with Crippen molar-refractivity contribution in [1.82, 2.24) is 4.90 Å². The Labute approximate surface area is 152 Å². The van der Waals surface area contributed by atoms with Gasteiger partial charge in [0.15, 0.2) is 0 Å². The molecule has 0 amide bonds. The van der Waals surface area contributed by atoms with E-state index in [2.05, 4.69) is 11.9 Å². The first-order valence-electron chi connectivity index (χ1n) is 9.02. The number of hydrogen-bond donors (Lipinski definition) is 0. The van der Waals surface area contributed by atoms with Crippen molar-refractivity contribution in [2.75, 3.05) is 13.6 Å². The van der Waals surface area contributed by atoms with Crippen molar-refractivity contribution < 1.29 is 17.9 Å². The van der Waals surface area contributed by atoms with Crippen molar-refractivity contribution in [1.29, 1.82) is 0 Å². The van der Waals surface area contributed by atoms with Crippen molar-refractivity contribution in [2.45, 2.75) is 44.0 Å². The van der Waals surface area contributed by atoms with Gasteiger partial charge in [-0.05, 0) is 50.2 Å². The minimum absolute atomic E-state index is 0.257. The van der Waals surface area contributed by atoms with Crippen LogP contribution in [0.4, 0.5) is 13.2 Å². The smallest absolute Gasteiger partial charge is 0.416 e. The molecule has 2 unspecified atom stereocenters. The number of alkyl halides is 3. The van der Waals surface area contributed by atoms with E-state index in [9.17, 15) is 13.2 Å². The van der Waals surface area contributed by atoms with Crippen LogP contribution in [0.1, 0.15) is 42.9 Å². The van der Waals surface area contributed by atoms with Gasteiger partial charge in [0.2, 0.25) is 0 Å². The molecule has 0 aliphatic carbocycles. The highest BCUT2D eigenvalue weighted by molar-refractivity contribution is 5.31. The molecule has 2 atom stereocenters. The molecule has 26 heavy (non-hydrogen) atoms. The second-order valence-corrected chi connectivity index (χ2v) is 6.91. The summed E-state index contributed by atoms with van der Waals surface area (Å²) in [5, 5.41) is 0. The summed E-state index contributed by atoms with van der Waals surface area (Å²) in [6.07, 6.45) is -0.420. The number of benzene rings is 2. The van der Waals surface area contributed by atoms with Crippen molar-refractivity contribution in [2.24, 2.45) is 0 Å². The monoisotopic (exact) mass is 363 g/mol. The zero-order valence-electron chi connectivity index (χ0n) is 14.9. The molecule has 5 heteroatoms. The Hall–Kier alpha value is -2.01. The van der Waals surface area contributed by atoms with E-state index in [1.54, 1.807) is 6.07 Å². The van der Waals surface area contributed by atoms with Crippen LogP contribution in [0, 0.1) is 0 Å². The van der Waals surface area contributed by atoms with Crippen molar-refractivity contribution in [3.63, 3.8) is 0 Å². The van der Waals surface area contributed by atoms with Gasteiger partial charge in [-0.15, -0.1) is 0 Å². The number of likely N-dealkylation sites (tertiary alicyclic amines) is 1. The summed E-state index contributed by atoms with van der Waals surface area (Å²) in [5.74, 6) is 0.257. The van der Waals surface area contributed by atoms with E-state index in [1.165, 1.54) is 18.9 Å². The topological polar surface area (TPSA) is 12.5 Å². The summed E-state index contributed by atoms with van der Waals surface area (Å²) in [4.78, 5) is 2.33. The van der Waals surface area contributed by atoms with Gasteiger partial charge in [0.25, 0.3) is 0 Å². The fourth-order valence-corrected chi connectivity index (χ4v) is 3.52. The number of hydrogen-bond acceptors (Lipinski definition) is 2. The lowest BCUT2D eigenvalue weighted by molar-refractivity contribution is -0.137. The molecule has 0 N–H and O–H groups in total. The normalized spacial score (nSPS) is 19.9. The molecule has 3 rings (SSSR count). The molecule has 1 fully saturated rings. The van der Waals surface area contributed by atoms with Crippen LogP contribution in [0.25, 0.3) is 0 Å². The molecule has 1 saturated heterocycles. The van der Waals surface area contributed by atoms with Gasteiger partial charge in [0, 0.05) is 12.5 Å². The number of ether oxygens (including phenoxy) is 1. The minimum atomic E-state index is -4.37. The maximum Gasteiger partial charge on any atom is 0.416 e. The summed E-state index contributed by atoms with van der Waals surface area (Å²) in [6.45, 7) is 1.05. The Morgan fingerprint density at radius 3 is 2.54 bits per heavy atom. The van der Waals surface area contributed by atoms with Crippen LogP contribution in [0.5, 0.6) is 5.75 Å². The fraction of sp³-hybridized carbons (Fsp3) is 0.429. The Kier molecular flexibility index (Phi) is 5.87. The van der Waals surface area contributed by atoms with Gasteiger partial charge >= 0.3 is 6.18 Å². The summed E-state index contributed by atoms with van der Waals surface area (Å²) < 4.78 is 45.0. The molecule has 1 aliphatic heterocycles. The van der Waals surface area contributed by atoms with Crippen LogP contribution in [0.3, 0.4) is 0 Å². The van der Waals surface area contributed by atoms with Crippen LogP contribution < -0.4 is 4.74 Å². The van der Waals surface area contributed by atoms with Crippen LogP contribution in [-0.4, -0.2) is 24.5 Å².